The Labute approximate surface area is 211 Å². The monoisotopic (exact) mass is 517 g/mol. The molecule has 1 aliphatic carbocycles. The first kappa shape index (κ1) is 28.4. The Morgan fingerprint density at radius 1 is 1.03 bits per heavy atom. The van der Waals surface area contributed by atoms with Crippen LogP contribution >= 0.6 is 24.8 Å². The molecule has 1 amide bonds. The van der Waals surface area contributed by atoms with E-state index >= 15 is 0 Å². The van der Waals surface area contributed by atoms with Crippen molar-refractivity contribution in [3.05, 3.63) is 65.2 Å². The number of hydrogen-bond donors (Lipinski definition) is 2. The Morgan fingerprint density at radius 2 is 1.68 bits per heavy atom. The average molecular weight is 518 g/mol. The Morgan fingerprint density at radius 3 is 2.26 bits per heavy atom. The first-order valence-electron chi connectivity index (χ1n) is 11.3. The van der Waals surface area contributed by atoms with Crippen LogP contribution in [0.4, 0.5) is 18.9 Å². The summed E-state index contributed by atoms with van der Waals surface area (Å²) in [6.45, 7) is 6.78. The minimum Gasteiger partial charge on any atom is -0.322 e. The molecule has 0 aromatic heterocycles. The third-order valence-corrected chi connectivity index (χ3v) is 6.55. The van der Waals surface area contributed by atoms with Gasteiger partial charge in [0, 0.05) is 35.3 Å². The molecule has 2 atom stereocenters. The van der Waals surface area contributed by atoms with Crippen LogP contribution in [0.25, 0.3) is 0 Å². The number of hydrogen-bond acceptors (Lipinski definition) is 3. The number of nitrogens with one attached hydrogen (secondary N) is 2. The number of rotatable bonds is 6. The van der Waals surface area contributed by atoms with Gasteiger partial charge in [-0.25, -0.2) is 0 Å². The van der Waals surface area contributed by atoms with E-state index in [1.807, 2.05) is 24.3 Å². The van der Waals surface area contributed by atoms with E-state index in [-0.39, 0.29) is 30.4 Å². The second kappa shape index (κ2) is 11.8. The van der Waals surface area contributed by atoms with Gasteiger partial charge in [0.1, 0.15) is 0 Å². The first-order valence-corrected chi connectivity index (χ1v) is 11.3. The normalized spacial score (nSPS) is 20.9. The maximum absolute atomic E-state index is 12.9. The Hall–Kier alpha value is -1.80. The van der Waals surface area contributed by atoms with Crippen LogP contribution in [0, 0.1) is 0 Å². The molecule has 1 saturated carbocycles. The van der Waals surface area contributed by atoms with E-state index in [1.54, 1.807) is 0 Å². The molecule has 2 N–H and O–H groups in total. The number of carbonyl (C=O) groups excluding carboxylic acids is 1. The van der Waals surface area contributed by atoms with Gasteiger partial charge in [-0.1, -0.05) is 18.2 Å². The molecule has 0 radical (unpaired) electrons. The number of anilines is 1. The average Bonchev–Trinajstić information content (AvgIpc) is 3.53. The molecule has 2 aromatic carbocycles. The summed E-state index contributed by atoms with van der Waals surface area (Å²) in [5.41, 5.74) is 0.947. The molecule has 0 bridgehead atoms. The zero-order valence-corrected chi connectivity index (χ0v) is 20.9. The highest BCUT2D eigenvalue weighted by Crippen LogP contribution is 2.42. The summed E-state index contributed by atoms with van der Waals surface area (Å²) in [6.07, 6.45) is -0.998. The molecule has 9 heteroatoms. The lowest BCUT2D eigenvalue weighted by Crippen LogP contribution is -2.45. The van der Waals surface area contributed by atoms with Gasteiger partial charge in [-0.05, 0) is 82.1 Å². The maximum atomic E-state index is 12.9. The number of alkyl halides is 3. The molecule has 1 heterocycles. The van der Waals surface area contributed by atoms with Crippen molar-refractivity contribution in [3.63, 3.8) is 0 Å². The number of piperidine rings is 1. The van der Waals surface area contributed by atoms with Crippen molar-refractivity contribution in [2.24, 2.45) is 0 Å². The maximum Gasteiger partial charge on any atom is 0.416 e. The fourth-order valence-electron chi connectivity index (χ4n) is 4.49. The Bertz CT molecular complexity index is 945. The summed E-state index contributed by atoms with van der Waals surface area (Å²) < 4.78 is 38.6. The zero-order valence-electron chi connectivity index (χ0n) is 19.3. The van der Waals surface area contributed by atoms with E-state index in [4.69, 9.17) is 0 Å². The van der Waals surface area contributed by atoms with Gasteiger partial charge in [-0.3, -0.25) is 4.79 Å². The summed E-state index contributed by atoms with van der Waals surface area (Å²) in [6, 6.07) is 13.8. The van der Waals surface area contributed by atoms with Gasteiger partial charge >= 0.3 is 6.18 Å². The largest absolute Gasteiger partial charge is 0.416 e. The second-order valence-corrected chi connectivity index (χ2v) is 9.17. The van der Waals surface area contributed by atoms with Gasteiger partial charge in [0.05, 0.1) is 5.56 Å². The standard InChI is InChI=1S/C25H30F3N3O.2ClH/c1-16(2)31-12-10-21(11-13-31)29-23-15-22(23)17-6-8-20(9-7-17)30-24(32)18-4-3-5-19(14-18)25(26,27)28;;/h3-9,14,16,21-23,29H,10-13,15H2,1-2H3,(H,30,32);2*1H/t22-,23+;;/m0../s1. The topological polar surface area (TPSA) is 44.4 Å². The SMILES string of the molecule is CC(C)N1CCC(N[C@@H]2C[C@H]2c2ccc(NC(=O)c3cccc(C(F)(F)F)c3)cc2)CC1.Cl.Cl. The molecule has 2 aromatic rings. The van der Waals surface area contributed by atoms with Crippen LogP contribution in [0.5, 0.6) is 0 Å². The number of nitrogens with zero attached hydrogens (tertiary/aromatic N) is 1. The molecule has 0 unspecified atom stereocenters. The quantitative estimate of drug-likeness (QED) is 0.485. The van der Waals surface area contributed by atoms with Crippen LogP contribution in [0.15, 0.2) is 48.5 Å². The van der Waals surface area contributed by atoms with Crippen LogP contribution in [0.3, 0.4) is 0 Å². The molecule has 1 saturated heterocycles. The molecule has 4 nitrogen and oxygen atoms in total. The summed E-state index contributed by atoms with van der Waals surface area (Å²) in [4.78, 5) is 14.9. The summed E-state index contributed by atoms with van der Waals surface area (Å²) in [5.74, 6) is -0.0751. The number of carbonyl (C=O) groups is 1. The molecule has 34 heavy (non-hydrogen) atoms. The van der Waals surface area contributed by atoms with Crippen molar-refractivity contribution in [3.8, 4) is 0 Å². The predicted molar refractivity (Wildman–Crippen MR) is 134 cm³/mol. The van der Waals surface area contributed by atoms with Crippen molar-refractivity contribution < 1.29 is 18.0 Å². The second-order valence-electron chi connectivity index (χ2n) is 9.17. The minimum atomic E-state index is -4.47. The first-order chi connectivity index (χ1) is 15.2. The lowest BCUT2D eigenvalue weighted by Gasteiger charge is -2.35. The van der Waals surface area contributed by atoms with Gasteiger partial charge in [0.15, 0.2) is 0 Å². The highest BCUT2D eigenvalue weighted by Gasteiger charge is 2.39. The molecule has 0 spiro atoms. The molecular formula is C25H32Cl2F3N3O. The highest BCUT2D eigenvalue weighted by atomic mass is 35.5. The van der Waals surface area contributed by atoms with Crippen molar-refractivity contribution in [1.82, 2.24) is 10.2 Å². The van der Waals surface area contributed by atoms with Gasteiger partial charge in [0.25, 0.3) is 5.91 Å². The van der Waals surface area contributed by atoms with Crippen molar-refractivity contribution in [2.75, 3.05) is 18.4 Å². The van der Waals surface area contributed by atoms with Crippen molar-refractivity contribution in [2.45, 2.75) is 63.3 Å². The Kier molecular flexibility index (Phi) is 9.83. The number of halogens is 5. The summed E-state index contributed by atoms with van der Waals surface area (Å²) in [7, 11) is 0. The number of likely N-dealkylation sites (tertiary alicyclic amines) is 1. The third kappa shape index (κ3) is 7.11. The lowest BCUT2D eigenvalue weighted by atomic mass is 10.0. The third-order valence-electron chi connectivity index (χ3n) is 6.55. The van der Waals surface area contributed by atoms with E-state index in [0.717, 1.165) is 31.6 Å². The van der Waals surface area contributed by atoms with Crippen LogP contribution in [0.2, 0.25) is 0 Å². The van der Waals surface area contributed by atoms with Crippen molar-refractivity contribution >= 4 is 36.4 Å². The summed E-state index contributed by atoms with van der Waals surface area (Å²) in [5, 5.41) is 6.49. The molecule has 1 aliphatic heterocycles. The molecule has 4 rings (SSSR count). The number of amides is 1. The molecule has 2 fully saturated rings. The Balaban J connectivity index is 0.00000204. The van der Waals surface area contributed by atoms with Crippen LogP contribution < -0.4 is 10.6 Å². The fourth-order valence-corrected chi connectivity index (χ4v) is 4.49. The predicted octanol–water partition coefficient (Wildman–Crippen LogP) is 6.12. The van der Waals surface area contributed by atoms with Crippen LogP contribution in [0.1, 0.15) is 60.5 Å². The van der Waals surface area contributed by atoms with Crippen LogP contribution in [-0.4, -0.2) is 42.0 Å². The van der Waals surface area contributed by atoms with Gasteiger partial charge in [0.2, 0.25) is 0 Å². The summed E-state index contributed by atoms with van der Waals surface area (Å²) >= 11 is 0. The fraction of sp³-hybridized carbons (Fsp3) is 0.480. The van der Waals surface area contributed by atoms with Crippen molar-refractivity contribution in [1.29, 1.82) is 0 Å². The minimum absolute atomic E-state index is 0. The number of benzene rings is 2. The van der Waals surface area contributed by atoms with E-state index < -0.39 is 17.6 Å². The van der Waals surface area contributed by atoms with Gasteiger partial charge < -0.3 is 15.5 Å². The highest BCUT2D eigenvalue weighted by molar-refractivity contribution is 6.04. The van der Waals surface area contributed by atoms with Crippen LogP contribution in [-0.2, 0) is 6.18 Å². The molecular weight excluding hydrogens is 486 g/mol. The van der Waals surface area contributed by atoms with Gasteiger partial charge in [-0.15, -0.1) is 24.8 Å². The van der Waals surface area contributed by atoms with E-state index in [0.29, 0.717) is 29.7 Å². The lowest BCUT2D eigenvalue weighted by molar-refractivity contribution is -0.137. The van der Waals surface area contributed by atoms with E-state index in [1.165, 1.54) is 30.5 Å². The smallest absolute Gasteiger partial charge is 0.322 e. The van der Waals surface area contributed by atoms with E-state index in [2.05, 4.69) is 29.4 Å². The molecule has 2 aliphatic rings. The van der Waals surface area contributed by atoms with Gasteiger partial charge in [-0.2, -0.15) is 13.2 Å². The molecule has 188 valence electrons. The van der Waals surface area contributed by atoms with E-state index in [9.17, 15) is 18.0 Å². The zero-order chi connectivity index (χ0) is 22.9.